The number of nitrogens with one attached hydrogen (secondary N) is 1. The van der Waals surface area contributed by atoms with Crippen LogP contribution in [-0.2, 0) is 0 Å². The number of amides is 1. The summed E-state index contributed by atoms with van der Waals surface area (Å²) in [6, 6.07) is 3.06. The third kappa shape index (κ3) is 4.10. The Balaban J connectivity index is 2.93. The molecule has 0 bridgehead atoms. The largest absolute Gasteiger partial charge is 0.493 e. The highest BCUT2D eigenvalue weighted by Gasteiger charge is 2.15. The summed E-state index contributed by atoms with van der Waals surface area (Å²) in [5.74, 6) is 1.83. The predicted molar refractivity (Wildman–Crippen MR) is 70.8 cm³/mol. The number of hydrogen-bond acceptors (Lipinski definition) is 5. The Labute approximate surface area is 116 Å². The van der Waals surface area contributed by atoms with E-state index in [9.17, 15) is 4.79 Å². The number of alkyl halides is 1. The number of halogens is 1. The van der Waals surface area contributed by atoms with Crippen LogP contribution < -0.4 is 24.3 Å². The summed E-state index contributed by atoms with van der Waals surface area (Å²) in [7, 11) is 4.46. The monoisotopic (exact) mass is 289 g/mol. The zero-order chi connectivity index (χ0) is 14.3. The first-order chi connectivity index (χ1) is 9.15. The van der Waals surface area contributed by atoms with E-state index in [0.29, 0.717) is 29.7 Å². The maximum Gasteiger partial charge on any atom is 0.412 e. The molecule has 0 atom stereocenters. The van der Waals surface area contributed by atoms with E-state index in [-0.39, 0.29) is 5.75 Å². The average Bonchev–Trinajstić information content (AvgIpc) is 2.43. The van der Waals surface area contributed by atoms with Gasteiger partial charge in [-0.05, 0) is 0 Å². The number of benzene rings is 1. The number of methoxy groups -OCH3 is 3. The Morgan fingerprint density at radius 2 is 1.74 bits per heavy atom. The molecule has 7 heteroatoms. The van der Waals surface area contributed by atoms with Crippen LogP contribution in [-0.4, -0.2) is 39.8 Å². The molecule has 106 valence electrons. The van der Waals surface area contributed by atoms with Crippen LogP contribution in [0.3, 0.4) is 0 Å². The van der Waals surface area contributed by atoms with Gasteiger partial charge < -0.3 is 24.3 Å². The molecule has 1 rings (SSSR count). The Kier molecular flexibility index (Phi) is 6.08. The highest BCUT2D eigenvalue weighted by atomic mass is 35.5. The second-order valence-corrected chi connectivity index (χ2v) is 3.74. The van der Waals surface area contributed by atoms with E-state index < -0.39 is 6.09 Å². The molecule has 0 saturated heterocycles. The lowest BCUT2D eigenvalue weighted by Gasteiger charge is -2.14. The fraction of sp³-hybridized carbons (Fsp3) is 0.417. The quantitative estimate of drug-likeness (QED) is 0.812. The predicted octanol–water partition coefficient (Wildman–Crippen LogP) is 2.04. The number of rotatable bonds is 6. The van der Waals surface area contributed by atoms with Gasteiger partial charge in [0.05, 0.1) is 21.3 Å². The molecule has 0 saturated carbocycles. The second-order valence-electron chi connectivity index (χ2n) is 3.37. The van der Waals surface area contributed by atoms with E-state index in [1.807, 2.05) is 0 Å². The molecule has 0 unspecified atom stereocenters. The van der Waals surface area contributed by atoms with Crippen LogP contribution in [0.25, 0.3) is 0 Å². The maximum atomic E-state index is 11.4. The van der Waals surface area contributed by atoms with Crippen molar-refractivity contribution < 1.29 is 23.7 Å². The van der Waals surface area contributed by atoms with E-state index in [0.717, 1.165) is 0 Å². The molecule has 1 aromatic rings. The third-order valence-corrected chi connectivity index (χ3v) is 2.40. The van der Waals surface area contributed by atoms with Gasteiger partial charge >= 0.3 is 6.09 Å². The zero-order valence-corrected chi connectivity index (χ0v) is 11.7. The van der Waals surface area contributed by atoms with Crippen molar-refractivity contribution >= 4 is 17.7 Å². The van der Waals surface area contributed by atoms with Gasteiger partial charge in [-0.15, -0.1) is 11.6 Å². The van der Waals surface area contributed by atoms with Crippen molar-refractivity contribution in [2.45, 2.75) is 0 Å². The molecular formula is C12H16ClNO5. The minimum atomic E-state index is -0.602. The van der Waals surface area contributed by atoms with Gasteiger partial charge in [0, 0.05) is 24.6 Å². The highest BCUT2D eigenvalue weighted by Crippen LogP contribution is 2.40. The molecule has 0 aliphatic rings. The fourth-order valence-corrected chi connectivity index (χ4v) is 1.50. The van der Waals surface area contributed by atoms with E-state index in [1.165, 1.54) is 33.5 Å². The number of carbonyl (C=O) groups is 1. The normalized spacial score (nSPS) is 9.68. The lowest BCUT2D eigenvalue weighted by molar-refractivity contribution is 0.200. The number of ether oxygens (including phenoxy) is 4. The molecule has 0 fully saturated rings. The summed E-state index contributed by atoms with van der Waals surface area (Å²) in [5.41, 5.74) is 0. The molecule has 0 aliphatic carbocycles. The lowest BCUT2D eigenvalue weighted by Crippen LogP contribution is -2.28. The summed E-state index contributed by atoms with van der Waals surface area (Å²) in [6.07, 6.45) is -0.602. The average molecular weight is 290 g/mol. The Morgan fingerprint density at radius 3 is 2.16 bits per heavy atom. The Morgan fingerprint density at radius 1 is 1.16 bits per heavy atom. The van der Waals surface area contributed by atoms with Gasteiger partial charge in [0.15, 0.2) is 11.5 Å². The molecule has 1 aromatic carbocycles. The first-order valence-corrected chi connectivity index (χ1v) is 6.01. The molecule has 1 amide bonds. The summed E-state index contributed by atoms with van der Waals surface area (Å²) in [6.45, 7) is 0.324. The number of hydrogen-bond donors (Lipinski definition) is 1. The van der Waals surface area contributed by atoms with Gasteiger partial charge in [0.1, 0.15) is 5.75 Å². The summed E-state index contributed by atoms with van der Waals surface area (Å²) < 4.78 is 20.5. The molecule has 0 heterocycles. The molecule has 6 nitrogen and oxygen atoms in total. The SMILES string of the molecule is COc1cc(OC(=O)NCCCl)cc(OC)c1OC. The Hall–Kier alpha value is -1.82. The minimum absolute atomic E-state index is 0.279. The first-order valence-electron chi connectivity index (χ1n) is 5.48. The topological polar surface area (TPSA) is 66.0 Å². The molecular weight excluding hydrogens is 274 g/mol. The standard InChI is InChI=1S/C12H16ClNO5/c1-16-9-6-8(19-12(15)14-5-4-13)7-10(17-2)11(9)18-3/h6-7H,4-5H2,1-3H3,(H,14,15). The molecule has 0 radical (unpaired) electrons. The number of carbonyl (C=O) groups excluding carboxylic acids is 1. The van der Waals surface area contributed by atoms with Gasteiger partial charge in [0.25, 0.3) is 0 Å². The summed E-state index contributed by atoms with van der Waals surface area (Å²) in [4.78, 5) is 11.4. The molecule has 1 N–H and O–H groups in total. The second kappa shape index (κ2) is 7.58. The van der Waals surface area contributed by atoms with Crippen LogP contribution in [0.4, 0.5) is 4.79 Å². The van der Waals surface area contributed by atoms with Gasteiger partial charge in [-0.1, -0.05) is 0 Å². The smallest absolute Gasteiger partial charge is 0.412 e. The molecule has 0 spiro atoms. The third-order valence-electron chi connectivity index (χ3n) is 2.21. The summed E-state index contributed by atoms with van der Waals surface area (Å²) >= 11 is 5.46. The van der Waals surface area contributed by atoms with Crippen LogP contribution in [0.15, 0.2) is 12.1 Å². The van der Waals surface area contributed by atoms with Crippen LogP contribution in [0.5, 0.6) is 23.0 Å². The van der Waals surface area contributed by atoms with E-state index >= 15 is 0 Å². The molecule has 0 aromatic heterocycles. The van der Waals surface area contributed by atoms with Crippen molar-refractivity contribution in [3.05, 3.63) is 12.1 Å². The van der Waals surface area contributed by atoms with Crippen molar-refractivity contribution in [2.24, 2.45) is 0 Å². The molecule has 19 heavy (non-hydrogen) atoms. The van der Waals surface area contributed by atoms with E-state index in [1.54, 1.807) is 0 Å². The fourth-order valence-electron chi connectivity index (χ4n) is 1.41. The summed E-state index contributed by atoms with van der Waals surface area (Å²) in [5, 5.41) is 2.48. The van der Waals surface area contributed by atoms with Crippen molar-refractivity contribution in [3.63, 3.8) is 0 Å². The van der Waals surface area contributed by atoms with Crippen LogP contribution in [0.2, 0.25) is 0 Å². The zero-order valence-electron chi connectivity index (χ0n) is 11.0. The maximum absolute atomic E-state index is 11.4. The van der Waals surface area contributed by atoms with E-state index in [2.05, 4.69) is 5.32 Å². The van der Waals surface area contributed by atoms with Crippen LogP contribution in [0.1, 0.15) is 0 Å². The van der Waals surface area contributed by atoms with E-state index in [4.69, 9.17) is 30.5 Å². The van der Waals surface area contributed by atoms with Crippen LogP contribution >= 0.6 is 11.6 Å². The minimum Gasteiger partial charge on any atom is -0.493 e. The van der Waals surface area contributed by atoms with Gasteiger partial charge in [0.2, 0.25) is 5.75 Å². The van der Waals surface area contributed by atoms with Gasteiger partial charge in [-0.25, -0.2) is 4.79 Å². The van der Waals surface area contributed by atoms with Crippen molar-refractivity contribution in [2.75, 3.05) is 33.8 Å². The van der Waals surface area contributed by atoms with Crippen molar-refractivity contribution in [1.82, 2.24) is 5.32 Å². The lowest BCUT2D eigenvalue weighted by atomic mass is 10.2. The Bertz CT molecular complexity index is 413. The first kappa shape index (κ1) is 15.2. The highest BCUT2D eigenvalue weighted by molar-refractivity contribution is 6.18. The van der Waals surface area contributed by atoms with Gasteiger partial charge in [-0.3, -0.25) is 0 Å². The van der Waals surface area contributed by atoms with Crippen molar-refractivity contribution in [3.8, 4) is 23.0 Å². The van der Waals surface area contributed by atoms with Crippen LogP contribution in [0, 0.1) is 0 Å². The molecule has 0 aliphatic heterocycles. The van der Waals surface area contributed by atoms with Gasteiger partial charge in [-0.2, -0.15) is 0 Å². The van der Waals surface area contributed by atoms with Crippen molar-refractivity contribution in [1.29, 1.82) is 0 Å².